The number of aromatic amines is 1. The van der Waals surface area contributed by atoms with Gasteiger partial charge in [-0.05, 0) is 55.2 Å². The monoisotopic (exact) mass is 491 g/mol. The van der Waals surface area contributed by atoms with Crippen LogP contribution in [0, 0.1) is 11.7 Å². The van der Waals surface area contributed by atoms with Crippen LogP contribution in [0.1, 0.15) is 30.1 Å². The molecule has 1 fully saturated rings. The third-order valence-electron chi connectivity index (χ3n) is 6.06. The first-order valence-corrected chi connectivity index (χ1v) is 12.3. The molecule has 1 aromatic heterocycles. The predicted octanol–water partition coefficient (Wildman–Crippen LogP) is 4.02. The Balaban J connectivity index is 1.73. The minimum atomic E-state index is -4.19. The molecule has 0 bridgehead atoms. The largest absolute Gasteiger partial charge is 0.360 e. The maximum absolute atomic E-state index is 14.3. The van der Waals surface area contributed by atoms with E-state index in [4.69, 9.17) is 11.6 Å². The highest BCUT2D eigenvalue weighted by Gasteiger charge is 2.27. The summed E-state index contributed by atoms with van der Waals surface area (Å²) in [7, 11) is -2.98. The lowest BCUT2D eigenvalue weighted by molar-refractivity contribution is 0.0695. The average molecular weight is 492 g/mol. The highest BCUT2D eigenvalue weighted by atomic mass is 35.5. The molecular formula is C23H23ClFN3O4S. The average Bonchev–Trinajstić information content (AvgIpc) is 2.79. The van der Waals surface area contributed by atoms with Gasteiger partial charge in [-0.1, -0.05) is 18.5 Å². The Labute approximate surface area is 195 Å². The van der Waals surface area contributed by atoms with E-state index in [1.54, 1.807) is 4.90 Å². The Hall–Kier alpha value is -2.91. The van der Waals surface area contributed by atoms with E-state index in [9.17, 15) is 22.4 Å². The summed E-state index contributed by atoms with van der Waals surface area (Å²) in [6.07, 6.45) is 3.11. The summed E-state index contributed by atoms with van der Waals surface area (Å²) in [6.45, 7) is 3.27. The molecule has 2 heterocycles. The van der Waals surface area contributed by atoms with Gasteiger partial charge in [-0.3, -0.25) is 13.9 Å². The molecule has 2 aromatic carbocycles. The summed E-state index contributed by atoms with van der Waals surface area (Å²) in [4.78, 5) is 30.4. The van der Waals surface area contributed by atoms with Crippen LogP contribution < -0.4 is 9.73 Å². The van der Waals surface area contributed by atoms with Gasteiger partial charge in [-0.25, -0.2) is 12.8 Å². The molecule has 1 amide bonds. The number of likely N-dealkylation sites (tertiary alicyclic amines) is 1. The topological polar surface area (TPSA) is 90.6 Å². The van der Waals surface area contributed by atoms with Gasteiger partial charge in [0, 0.05) is 42.3 Å². The standard InChI is InChI=1S/C23H23ClFN3O4S/c1-14-7-9-28(10-8-14)23(30)18-13-26-20-5-4-16(12-17(20)22(18)29)33(31,32)27(2)21-6-3-15(24)11-19(21)25/h3-6,11-14H,7-10H2,1-2H3,(H,26,29). The van der Waals surface area contributed by atoms with Gasteiger partial charge in [0.05, 0.1) is 10.6 Å². The van der Waals surface area contributed by atoms with E-state index in [0.29, 0.717) is 24.5 Å². The van der Waals surface area contributed by atoms with Crippen molar-refractivity contribution >= 4 is 44.1 Å². The van der Waals surface area contributed by atoms with Crippen LogP contribution in [-0.2, 0) is 10.0 Å². The number of fused-ring (bicyclic) bond motifs is 1. The minimum absolute atomic E-state index is 0.0382. The Morgan fingerprint density at radius 3 is 2.55 bits per heavy atom. The summed E-state index contributed by atoms with van der Waals surface area (Å²) >= 11 is 5.76. The number of anilines is 1. The number of hydrogen-bond acceptors (Lipinski definition) is 4. The molecule has 4 rings (SSSR count). The van der Waals surface area contributed by atoms with E-state index in [0.717, 1.165) is 23.2 Å². The number of pyridine rings is 1. The lowest BCUT2D eigenvalue weighted by Gasteiger charge is -2.30. The van der Waals surface area contributed by atoms with Gasteiger partial charge in [0.1, 0.15) is 11.4 Å². The number of H-pyrrole nitrogens is 1. The molecule has 7 nitrogen and oxygen atoms in total. The SMILES string of the molecule is CC1CCN(C(=O)c2c[nH]c3ccc(S(=O)(=O)N(C)c4ccc(Cl)cc4F)cc3c2=O)CC1. The van der Waals surface area contributed by atoms with Crippen molar-refractivity contribution in [2.45, 2.75) is 24.7 Å². The van der Waals surface area contributed by atoms with E-state index in [1.165, 1.54) is 43.6 Å². The normalized spacial score (nSPS) is 15.1. The first-order chi connectivity index (χ1) is 15.6. The third-order valence-corrected chi connectivity index (χ3v) is 8.06. The number of nitrogens with zero attached hydrogens (tertiary/aromatic N) is 2. The second-order valence-corrected chi connectivity index (χ2v) is 10.7. The van der Waals surface area contributed by atoms with Crippen molar-refractivity contribution in [3.05, 3.63) is 69.2 Å². The number of benzene rings is 2. The van der Waals surface area contributed by atoms with Crippen molar-refractivity contribution in [3.63, 3.8) is 0 Å². The summed E-state index contributed by atoms with van der Waals surface area (Å²) in [5.41, 5.74) is -0.381. The predicted molar refractivity (Wildman–Crippen MR) is 126 cm³/mol. The zero-order chi connectivity index (χ0) is 23.9. The quantitative estimate of drug-likeness (QED) is 0.597. The molecule has 10 heteroatoms. The van der Waals surface area contributed by atoms with Gasteiger partial charge < -0.3 is 9.88 Å². The summed E-state index contributed by atoms with van der Waals surface area (Å²) in [5.74, 6) is -0.645. The molecule has 0 saturated carbocycles. The van der Waals surface area contributed by atoms with Crippen molar-refractivity contribution in [2.24, 2.45) is 5.92 Å². The zero-order valence-corrected chi connectivity index (χ0v) is 19.7. The molecular weight excluding hydrogens is 469 g/mol. The molecule has 0 atom stereocenters. The Kier molecular flexibility index (Phi) is 6.20. The van der Waals surface area contributed by atoms with Crippen molar-refractivity contribution in [2.75, 3.05) is 24.4 Å². The fourth-order valence-corrected chi connectivity index (χ4v) is 5.31. The summed E-state index contributed by atoms with van der Waals surface area (Å²) in [6, 6.07) is 7.66. The molecule has 174 valence electrons. The number of halogens is 2. The second kappa shape index (κ2) is 8.79. The molecule has 1 aliphatic rings. The van der Waals surface area contributed by atoms with Gasteiger partial charge in [-0.15, -0.1) is 0 Å². The molecule has 0 radical (unpaired) electrons. The Morgan fingerprint density at radius 1 is 1.18 bits per heavy atom. The Bertz CT molecular complexity index is 1400. The zero-order valence-electron chi connectivity index (χ0n) is 18.1. The number of carbonyl (C=O) groups is 1. The number of nitrogens with one attached hydrogen (secondary N) is 1. The summed E-state index contributed by atoms with van der Waals surface area (Å²) in [5, 5.41) is 0.205. The Morgan fingerprint density at radius 2 is 1.88 bits per heavy atom. The lowest BCUT2D eigenvalue weighted by atomic mass is 9.98. The van der Waals surface area contributed by atoms with Gasteiger partial charge in [0.2, 0.25) is 5.43 Å². The number of sulfonamides is 1. The number of rotatable bonds is 4. The van der Waals surface area contributed by atoms with Gasteiger partial charge >= 0.3 is 0 Å². The minimum Gasteiger partial charge on any atom is -0.360 e. The van der Waals surface area contributed by atoms with Gasteiger partial charge in [0.15, 0.2) is 0 Å². The molecule has 1 N–H and O–H groups in total. The van der Waals surface area contributed by atoms with Gasteiger partial charge in [-0.2, -0.15) is 0 Å². The van der Waals surface area contributed by atoms with Crippen LogP contribution in [0.4, 0.5) is 10.1 Å². The van der Waals surface area contributed by atoms with Crippen LogP contribution in [0.5, 0.6) is 0 Å². The van der Waals surface area contributed by atoms with Crippen molar-refractivity contribution < 1.29 is 17.6 Å². The molecule has 1 aliphatic heterocycles. The van der Waals surface area contributed by atoms with E-state index in [2.05, 4.69) is 11.9 Å². The van der Waals surface area contributed by atoms with Crippen LogP contribution in [0.15, 0.2) is 52.3 Å². The molecule has 0 unspecified atom stereocenters. The number of hydrogen-bond donors (Lipinski definition) is 1. The first-order valence-electron chi connectivity index (χ1n) is 10.5. The van der Waals surface area contributed by atoms with Crippen LogP contribution >= 0.6 is 11.6 Å². The smallest absolute Gasteiger partial charge is 0.264 e. The second-order valence-electron chi connectivity index (χ2n) is 8.28. The van der Waals surface area contributed by atoms with E-state index >= 15 is 0 Å². The maximum Gasteiger partial charge on any atom is 0.264 e. The van der Waals surface area contributed by atoms with Crippen molar-refractivity contribution in [3.8, 4) is 0 Å². The molecule has 33 heavy (non-hydrogen) atoms. The maximum atomic E-state index is 14.3. The van der Waals surface area contributed by atoms with Crippen LogP contribution in [0.25, 0.3) is 10.9 Å². The van der Waals surface area contributed by atoms with E-state index < -0.39 is 21.3 Å². The summed E-state index contributed by atoms with van der Waals surface area (Å²) < 4.78 is 41.4. The molecule has 0 spiro atoms. The fourth-order valence-electron chi connectivity index (χ4n) is 3.92. The lowest BCUT2D eigenvalue weighted by Crippen LogP contribution is -2.40. The van der Waals surface area contributed by atoms with Crippen LogP contribution in [-0.4, -0.2) is 44.3 Å². The van der Waals surface area contributed by atoms with E-state index in [-0.39, 0.29) is 32.5 Å². The highest BCUT2D eigenvalue weighted by Crippen LogP contribution is 2.28. The molecule has 0 aliphatic carbocycles. The van der Waals surface area contributed by atoms with Gasteiger partial charge in [0.25, 0.3) is 15.9 Å². The molecule has 1 saturated heterocycles. The molecule has 3 aromatic rings. The van der Waals surface area contributed by atoms with Crippen LogP contribution in [0.2, 0.25) is 5.02 Å². The van der Waals surface area contributed by atoms with Crippen molar-refractivity contribution in [1.29, 1.82) is 0 Å². The number of piperidine rings is 1. The van der Waals surface area contributed by atoms with Crippen molar-refractivity contribution in [1.82, 2.24) is 9.88 Å². The number of carbonyl (C=O) groups excluding carboxylic acids is 1. The number of aromatic nitrogens is 1. The van der Waals surface area contributed by atoms with Crippen LogP contribution in [0.3, 0.4) is 0 Å². The van der Waals surface area contributed by atoms with E-state index in [1.807, 2.05) is 0 Å². The third kappa shape index (κ3) is 4.35. The number of amides is 1. The highest BCUT2D eigenvalue weighted by molar-refractivity contribution is 7.92. The first kappa shape index (κ1) is 23.3. The fraction of sp³-hybridized carbons (Fsp3) is 0.304.